The predicted octanol–water partition coefficient (Wildman–Crippen LogP) is 2.09. The van der Waals surface area contributed by atoms with Gasteiger partial charge in [0.25, 0.3) is 0 Å². The molecule has 136 valence electrons. The highest BCUT2D eigenvalue weighted by Gasteiger charge is 2.51. The minimum Gasteiger partial charge on any atom is -0.332 e. The van der Waals surface area contributed by atoms with Gasteiger partial charge in [-0.2, -0.15) is 0 Å². The number of nitrogens with one attached hydrogen (secondary N) is 2. The molecule has 7 nitrogen and oxygen atoms in total. The smallest absolute Gasteiger partial charge is 0.321 e. The van der Waals surface area contributed by atoms with Crippen molar-refractivity contribution in [3.63, 3.8) is 0 Å². The van der Waals surface area contributed by atoms with Crippen molar-refractivity contribution in [1.29, 1.82) is 0 Å². The van der Waals surface area contributed by atoms with Gasteiger partial charge in [-0.05, 0) is 63.2 Å². The van der Waals surface area contributed by atoms with Gasteiger partial charge in [0.2, 0.25) is 5.91 Å². The summed E-state index contributed by atoms with van der Waals surface area (Å²) in [7, 11) is 1.83. The minimum absolute atomic E-state index is 0.0842. The van der Waals surface area contributed by atoms with E-state index in [4.69, 9.17) is 0 Å². The van der Waals surface area contributed by atoms with Crippen molar-refractivity contribution in [3.8, 4) is 0 Å². The van der Waals surface area contributed by atoms with E-state index in [0.717, 1.165) is 37.0 Å². The van der Waals surface area contributed by atoms with Crippen LogP contribution in [0.1, 0.15) is 45.4 Å². The lowest BCUT2D eigenvalue weighted by Crippen LogP contribution is -2.62. The molecule has 1 aromatic heterocycles. The van der Waals surface area contributed by atoms with Crippen LogP contribution in [0.5, 0.6) is 0 Å². The summed E-state index contributed by atoms with van der Waals surface area (Å²) in [6.45, 7) is 1.77. The lowest BCUT2D eigenvalue weighted by atomic mass is 9.53. The minimum atomic E-state index is -0.412. The largest absolute Gasteiger partial charge is 0.332 e. The zero-order valence-corrected chi connectivity index (χ0v) is 15.5. The van der Waals surface area contributed by atoms with Gasteiger partial charge in [0, 0.05) is 12.6 Å². The summed E-state index contributed by atoms with van der Waals surface area (Å²) < 4.78 is 1.75. The predicted molar refractivity (Wildman–Crippen MR) is 93.9 cm³/mol. The fourth-order valence-corrected chi connectivity index (χ4v) is 6.13. The van der Waals surface area contributed by atoms with Gasteiger partial charge in [-0.1, -0.05) is 11.8 Å². The first-order valence-electron chi connectivity index (χ1n) is 9.06. The van der Waals surface area contributed by atoms with E-state index in [1.165, 1.54) is 31.0 Å². The Morgan fingerprint density at radius 1 is 1.24 bits per heavy atom. The summed E-state index contributed by atoms with van der Waals surface area (Å²) in [4.78, 5) is 24.8. The van der Waals surface area contributed by atoms with Crippen LogP contribution >= 0.6 is 11.8 Å². The molecular weight excluding hydrogens is 338 g/mol. The number of thioether (sulfide) groups is 1. The maximum atomic E-state index is 12.4. The Morgan fingerprint density at radius 3 is 2.36 bits per heavy atom. The van der Waals surface area contributed by atoms with Gasteiger partial charge in [-0.3, -0.25) is 10.1 Å². The van der Waals surface area contributed by atoms with Crippen LogP contribution in [0.3, 0.4) is 0 Å². The van der Waals surface area contributed by atoms with E-state index in [9.17, 15) is 9.59 Å². The second kappa shape index (κ2) is 6.30. The van der Waals surface area contributed by atoms with Gasteiger partial charge >= 0.3 is 6.03 Å². The number of aromatic nitrogens is 3. The molecule has 1 unspecified atom stereocenters. The van der Waals surface area contributed by atoms with Crippen LogP contribution < -0.4 is 10.6 Å². The van der Waals surface area contributed by atoms with Crippen molar-refractivity contribution < 1.29 is 9.59 Å². The van der Waals surface area contributed by atoms with Crippen LogP contribution in [0, 0.1) is 17.8 Å². The number of hydrogen-bond acceptors (Lipinski definition) is 5. The lowest BCUT2D eigenvalue weighted by Gasteiger charge is -2.56. The van der Waals surface area contributed by atoms with Crippen LogP contribution in [0.15, 0.2) is 11.5 Å². The normalized spacial score (nSPS) is 33.9. The molecule has 0 saturated heterocycles. The molecule has 1 heterocycles. The van der Waals surface area contributed by atoms with Gasteiger partial charge < -0.3 is 9.88 Å². The molecule has 4 aliphatic rings. The van der Waals surface area contributed by atoms with Crippen LogP contribution in [-0.4, -0.2) is 37.5 Å². The number of imide groups is 1. The topological polar surface area (TPSA) is 88.9 Å². The highest BCUT2D eigenvalue weighted by atomic mass is 32.2. The molecule has 4 saturated carbocycles. The molecule has 3 amide bonds. The van der Waals surface area contributed by atoms with Gasteiger partial charge in [-0.25, -0.2) is 4.79 Å². The van der Waals surface area contributed by atoms with E-state index in [1.807, 2.05) is 7.05 Å². The molecule has 0 spiro atoms. The second-order valence-electron chi connectivity index (χ2n) is 8.13. The lowest BCUT2D eigenvalue weighted by molar-refractivity contribution is -0.119. The third-order valence-electron chi connectivity index (χ3n) is 5.97. The Bertz CT molecular complexity index is 653. The Labute approximate surface area is 151 Å². The molecule has 8 heteroatoms. The van der Waals surface area contributed by atoms with E-state index in [0.29, 0.717) is 5.16 Å². The highest BCUT2D eigenvalue weighted by Crippen LogP contribution is 2.55. The van der Waals surface area contributed by atoms with E-state index >= 15 is 0 Å². The molecule has 1 aromatic rings. The maximum Gasteiger partial charge on any atom is 0.321 e. The van der Waals surface area contributed by atoms with E-state index in [1.54, 1.807) is 17.8 Å². The maximum absolute atomic E-state index is 12.4. The summed E-state index contributed by atoms with van der Waals surface area (Å²) in [5.41, 5.74) is -0.0842. The van der Waals surface area contributed by atoms with Crippen LogP contribution in [0.25, 0.3) is 0 Å². The SMILES string of the molecule is CC(Sc1nncn1C)C(=O)NC(=O)NC12CC3CC(CC(C3)C1)C2. The van der Waals surface area contributed by atoms with Crippen molar-refractivity contribution in [3.05, 3.63) is 6.33 Å². The summed E-state index contributed by atoms with van der Waals surface area (Å²) in [5, 5.41) is 13.7. The second-order valence-corrected chi connectivity index (χ2v) is 9.43. The molecule has 0 aliphatic heterocycles. The zero-order chi connectivity index (χ0) is 17.6. The number of carbonyl (C=O) groups is 2. The third-order valence-corrected chi connectivity index (χ3v) is 7.12. The molecule has 25 heavy (non-hydrogen) atoms. The summed E-state index contributed by atoms with van der Waals surface area (Å²) >= 11 is 1.29. The average Bonchev–Trinajstić information content (AvgIpc) is 2.90. The Kier molecular flexibility index (Phi) is 4.25. The number of nitrogens with zero attached hydrogens (tertiary/aromatic N) is 3. The summed E-state index contributed by atoms with van der Waals surface area (Å²) in [6, 6.07) is -0.350. The standard InChI is InChI=1S/C17H25N5O2S/c1-10(25-16-21-18-9-22(16)2)14(23)19-15(24)20-17-6-11-3-12(7-17)5-13(4-11)8-17/h9-13H,3-8H2,1-2H3,(H2,19,20,23,24). The molecule has 4 aliphatic carbocycles. The summed E-state index contributed by atoms with van der Waals surface area (Å²) in [5.74, 6) is 1.98. The number of urea groups is 1. The number of aryl methyl sites for hydroxylation is 1. The number of hydrogen-bond donors (Lipinski definition) is 2. The number of carbonyl (C=O) groups excluding carboxylic acids is 2. The summed E-state index contributed by atoms with van der Waals surface area (Å²) in [6.07, 6.45) is 8.79. The fourth-order valence-electron chi connectivity index (χ4n) is 5.34. The van der Waals surface area contributed by atoms with Crippen molar-refractivity contribution in [2.75, 3.05) is 0 Å². The first kappa shape index (κ1) is 16.9. The van der Waals surface area contributed by atoms with Gasteiger partial charge in [0.15, 0.2) is 5.16 Å². The van der Waals surface area contributed by atoms with E-state index in [-0.39, 0.29) is 17.5 Å². The van der Waals surface area contributed by atoms with E-state index in [2.05, 4.69) is 20.8 Å². The van der Waals surface area contributed by atoms with Gasteiger partial charge in [-0.15, -0.1) is 10.2 Å². The van der Waals surface area contributed by atoms with Gasteiger partial charge in [0.05, 0.1) is 5.25 Å². The van der Waals surface area contributed by atoms with Crippen molar-refractivity contribution in [1.82, 2.24) is 25.4 Å². The fraction of sp³-hybridized carbons (Fsp3) is 0.765. The average molecular weight is 363 g/mol. The van der Waals surface area contributed by atoms with Gasteiger partial charge in [0.1, 0.15) is 6.33 Å². The first-order chi connectivity index (χ1) is 11.9. The highest BCUT2D eigenvalue weighted by molar-refractivity contribution is 8.00. The Balaban J connectivity index is 1.33. The van der Waals surface area contributed by atoms with Crippen LogP contribution in [0.2, 0.25) is 0 Å². The first-order valence-corrected chi connectivity index (χ1v) is 9.94. The van der Waals surface area contributed by atoms with Crippen LogP contribution in [-0.2, 0) is 11.8 Å². The Morgan fingerprint density at radius 2 is 1.84 bits per heavy atom. The Hall–Kier alpha value is -1.57. The zero-order valence-electron chi connectivity index (χ0n) is 14.7. The number of amides is 3. The molecule has 4 bridgehead atoms. The van der Waals surface area contributed by atoms with Crippen molar-refractivity contribution in [2.45, 2.75) is 61.4 Å². The number of rotatable bonds is 4. The van der Waals surface area contributed by atoms with Crippen molar-refractivity contribution >= 4 is 23.7 Å². The molecule has 5 rings (SSSR count). The molecule has 2 N–H and O–H groups in total. The molecule has 0 aromatic carbocycles. The third kappa shape index (κ3) is 3.41. The monoisotopic (exact) mass is 363 g/mol. The molecule has 1 atom stereocenters. The van der Waals surface area contributed by atoms with Crippen molar-refractivity contribution in [2.24, 2.45) is 24.8 Å². The van der Waals surface area contributed by atoms with Crippen LogP contribution in [0.4, 0.5) is 4.79 Å². The molecular formula is C17H25N5O2S. The quantitative estimate of drug-likeness (QED) is 0.800. The molecule has 4 fully saturated rings. The van der Waals surface area contributed by atoms with E-state index < -0.39 is 5.25 Å². The molecule has 0 radical (unpaired) electrons.